The molecule has 0 fully saturated rings. The lowest BCUT2D eigenvalue weighted by Crippen LogP contribution is -2.31. The highest BCUT2D eigenvalue weighted by Gasteiger charge is 2.14. The molecule has 0 aliphatic carbocycles. The van der Waals surface area contributed by atoms with Crippen molar-refractivity contribution in [2.24, 2.45) is 5.73 Å². The Bertz CT molecular complexity index is 454. The lowest BCUT2D eigenvalue weighted by Gasteiger charge is -2.16. The van der Waals surface area contributed by atoms with Crippen molar-refractivity contribution in [3.63, 3.8) is 0 Å². The van der Waals surface area contributed by atoms with Gasteiger partial charge in [-0.05, 0) is 26.3 Å². The molecule has 0 aliphatic heterocycles. The summed E-state index contributed by atoms with van der Waals surface area (Å²) in [6.45, 7) is 3.10. The molecular weight excluding hydrogens is 230 g/mol. The molecule has 3 N–H and O–H groups in total. The van der Waals surface area contributed by atoms with E-state index in [1.807, 2.05) is 0 Å². The first kappa shape index (κ1) is 14.4. The molecule has 0 atom stereocenters. The second-order valence-corrected chi connectivity index (χ2v) is 4.47. The van der Waals surface area contributed by atoms with E-state index in [2.05, 4.69) is 4.98 Å². The van der Waals surface area contributed by atoms with Crippen LogP contribution in [-0.2, 0) is 0 Å². The first-order valence-electron chi connectivity index (χ1n) is 6.21. The SMILES string of the molecule is Cc1cc(=O)c(C(=O)N(C)CCCCCN)c[nH]1. The molecule has 0 saturated heterocycles. The summed E-state index contributed by atoms with van der Waals surface area (Å²) in [5.41, 5.74) is 6.12. The van der Waals surface area contributed by atoms with Gasteiger partial charge >= 0.3 is 0 Å². The zero-order chi connectivity index (χ0) is 13.5. The monoisotopic (exact) mass is 251 g/mol. The van der Waals surface area contributed by atoms with E-state index in [9.17, 15) is 9.59 Å². The Balaban J connectivity index is 2.60. The van der Waals surface area contributed by atoms with E-state index in [1.165, 1.54) is 12.3 Å². The fourth-order valence-corrected chi connectivity index (χ4v) is 1.72. The number of aromatic nitrogens is 1. The summed E-state index contributed by atoms with van der Waals surface area (Å²) in [7, 11) is 1.71. The van der Waals surface area contributed by atoms with Gasteiger partial charge in [0.25, 0.3) is 5.91 Å². The van der Waals surface area contributed by atoms with Crippen LogP contribution in [0.2, 0.25) is 0 Å². The molecule has 1 aromatic heterocycles. The molecule has 0 unspecified atom stereocenters. The average Bonchev–Trinajstić information content (AvgIpc) is 2.33. The standard InChI is InChI=1S/C13H21N3O2/c1-10-8-12(17)11(9-15-10)13(18)16(2)7-5-3-4-6-14/h8-9H,3-7,14H2,1-2H3,(H,15,17). The first-order valence-corrected chi connectivity index (χ1v) is 6.21. The number of nitrogens with two attached hydrogens (primary N) is 1. The van der Waals surface area contributed by atoms with E-state index in [0.717, 1.165) is 25.0 Å². The summed E-state index contributed by atoms with van der Waals surface area (Å²) >= 11 is 0. The Labute approximate surface area is 107 Å². The summed E-state index contributed by atoms with van der Waals surface area (Å²) in [5, 5.41) is 0. The zero-order valence-corrected chi connectivity index (χ0v) is 11.0. The smallest absolute Gasteiger partial charge is 0.259 e. The number of carbonyl (C=O) groups is 1. The zero-order valence-electron chi connectivity index (χ0n) is 11.0. The molecule has 0 bridgehead atoms. The highest BCUT2D eigenvalue weighted by Crippen LogP contribution is 2.01. The molecule has 1 aromatic rings. The quantitative estimate of drug-likeness (QED) is 0.737. The van der Waals surface area contributed by atoms with Gasteiger partial charge in [0.2, 0.25) is 0 Å². The minimum absolute atomic E-state index is 0.196. The maximum absolute atomic E-state index is 12.0. The van der Waals surface area contributed by atoms with Crippen LogP contribution in [-0.4, -0.2) is 35.9 Å². The van der Waals surface area contributed by atoms with Crippen LogP contribution in [0.25, 0.3) is 0 Å². The maximum atomic E-state index is 12.0. The van der Waals surface area contributed by atoms with Crippen molar-refractivity contribution < 1.29 is 4.79 Å². The van der Waals surface area contributed by atoms with Gasteiger partial charge in [-0.2, -0.15) is 0 Å². The minimum Gasteiger partial charge on any atom is -0.364 e. The molecule has 100 valence electrons. The molecular formula is C13H21N3O2. The van der Waals surface area contributed by atoms with Crippen molar-refractivity contribution in [2.45, 2.75) is 26.2 Å². The summed E-state index contributed by atoms with van der Waals surface area (Å²) in [4.78, 5) is 28.2. The molecule has 0 aliphatic rings. The molecule has 18 heavy (non-hydrogen) atoms. The average molecular weight is 251 g/mol. The van der Waals surface area contributed by atoms with Gasteiger partial charge in [0.05, 0.1) is 0 Å². The first-order chi connectivity index (χ1) is 8.56. The molecule has 0 spiro atoms. The number of rotatable bonds is 6. The van der Waals surface area contributed by atoms with E-state index >= 15 is 0 Å². The van der Waals surface area contributed by atoms with Crippen LogP contribution in [0.1, 0.15) is 35.3 Å². The Morgan fingerprint density at radius 3 is 2.72 bits per heavy atom. The van der Waals surface area contributed by atoms with E-state index in [4.69, 9.17) is 5.73 Å². The minimum atomic E-state index is -0.232. The van der Waals surface area contributed by atoms with Crippen molar-refractivity contribution >= 4 is 5.91 Å². The van der Waals surface area contributed by atoms with Crippen LogP contribution < -0.4 is 11.2 Å². The van der Waals surface area contributed by atoms with Gasteiger partial charge < -0.3 is 15.6 Å². The van der Waals surface area contributed by atoms with Crippen molar-refractivity contribution in [1.82, 2.24) is 9.88 Å². The predicted molar refractivity (Wildman–Crippen MR) is 71.7 cm³/mol. The van der Waals surface area contributed by atoms with Gasteiger partial charge in [-0.1, -0.05) is 6.42 Å². The van der Waals surface area contributed by atoms with E-state index in [0.29, 0.717) is 13.1 Å². The number of hydrogen-bond acceptors (Lipinski definition) is 3. The van der Waals surface area contributed by atoms with Gasteiger partial charge in [0.1, 0.15) is 5.56 Å². The fraction of sp³-hybridized carbons (Fsp3) is 0.538. The van der Waals surface area contributed by atoms with Crippen molar-refractivity contribution in [3.8, 4) is 0 Å². The Morgan fingerprint density at radius 2 is 2.11 bits per heavy atom. The van der Waals surface area contributed by atoms with Crippen molar-refractivity contribution in [2.75, 3.05) is 20.1 Å². The number of hydrogen-bond donors (Lipinski definition) is 2. The number of aryl methyl sites for hydroxylation is 1. The number of unbranched alkanes of at least 4 members (excludes halogenated alkanes) is 2. The van der Waals surface area contributed by atoms with E-state index < -0.39 is 0 Å². The molecule has 1 heterocycles. The third-order valence-corrected chi connectivity index (χ3v) is 2.83. The largest absolute Gasteiger partial charge is 0.364 e. The van der Waals surface area contributed by atoms with Crippen LogP contribution in [0.15, 0.2) is 17.1 Å². The van der Waals surface area contributed by atoms with Gasteiger partial charge in [0.15, 0.2) is 5.43 Å². The molecule has 0 saturated carbocycles. The lowest BCUT2D eigenvalue weighted by atomic mass is 10.2. The van der Waals surface area contributed by atoms with E-state index in [-0.39, 0.29) is 16.9 Å². The molecule has 0 aromatic carbocycles. The number of pyridine rings is 1. The van der Waals surface area contributed by atoms with Crippen LogP contribution in [0.3, 0.4) is 0 Å². The molecule has 1 amide bonds. The second kappa shape index (κ2) is 6.96. The van der Waals surface area contributed by atoms with Crippen molar-refractivity contribution in [3.05, 3.63) is 33.7 Å². The Kier molecular flexibility index (Phi) is 5.58. The Morgan fingerprint density at radius 1 is 1.39 bits per heavy atom. The summed E-state index contributed by atoms with van der Waals surface area (Å²) in [5.74, 6) is -0.232. The van der Waals surface area contributed by atoms with Crippen molar-refractivity contribution in [1.29, 1.82) is 0 Å². The number of aromatic amines is 1. The number of nitrogens with one attached hydrogen (secondary N) is 1. The summed E-state index contributed by atoms with van der Waals surface area (Å²) < 4.78 is 0. The van der Waals surface area contributed by atoms with Gasteiger partial charge in [0, 0.05) is 31.5 Å². The van der Waals surface area contributed by atoms with Gasteiger partial charge in [-0.25, -0.2) is 0 Å². The summed E-state index contributed by atoms with van der Waals surface area (Å²) in [6.07, 6.45) is 4.35. The fourth-order valence-electron chi connectivity index (χ4n) is 1.72. The maximum Gasteiger partial charge on any atom is 0.259 e. The molecule has 0 radical (unpaired) electrons. The predicted octanol–water partition coefficient (Wildman–Crippen LogP) is 0.884. The van der Waals surface area contributed by atoms with Crippen LogP contribution >= 0.6 is 0 Å². The normalized spacial score (nSPS) is 10.4. The lowest BCUT2D eigenvalue weighted by molar-refractivity contribution is 0.0791. The molecule has 5 heteroatoms. The Hall–Kier alpha value is -1.62. The third-order valence-electron chi connectivity index (χ3n) is 2.83. The molecule has 5 nitrogen and oxygen atoms in total. The van der Waals surface area contributed by atoms with Gasteiger partial charge in [-0.3, -0.25) is 9.59 Å². The summed E-state index contributed by atoms with van der Waals surface area (Å²) in [6, 6.07) is 1.44. The molecule has 1 rings (SSSR count). The number of amides is 1. The second-order valence-electron chi connectivity index (χ2n) is 4.47. The third kappa shape index (κ3) is 4.00. The number of H-pyrrole nitrogens is 1. The van der Waals surface area contributed by atoms with Crippen LogP contribution in [0.5, 0.6) is 0 Å². The topological polar surface area (TPSA) is 79.2 Å². The van der Waals surface area contributed by atoms with Crippen LogP contribution in [0.4, 0.5) is 0 Å². The van der Waals surface area contributed by atoms with Gasteiger partial charge in [-0.15, -0.1) is 0 Å². The number of carbonyl (C=O) groups excluding carboxylic acids is 1. The highest BCUT2D eigenvalue weighted by molar-refractivity contribution is 5.93. The van der Waals surface area contributed by atoms with Crippen LogP contribution in [0, 0.1) is 6.92 Å². The number of nitrogens with zero attached hydrogens (tertiary/aromatic N) is 1. The highest BCUT2D eigenvalue weighted by atomic mass is 16.2. The van der Waals surface area contributed by atoms with E-state index in [1.54, 1.807) is 18.9 Å².